The van der Waals surface area contributed by atoms with Gasteiger partial charge in [0.25, 0.3) is 0 Å². The second-order valence-corrected chi connectivity index (χ2v) is 3.38. The molecular formula is C12H22N2O. The summed E-state index contributed by atoms with van der Waals surface area (Å²) in [7, 11) is 2.05. The summed E-state index contributed by atoms with van der Waals surface area (Å²) in [5, 5.41) is 0. The summed E-state index contributed by atoms with van der Waals surface area (Å²) >= 11 is 0. The lowest BCUT2D eigenvalue weighted by atomic mass is 9.92. The highest BCUT2D eigenvalue weighted by Gasteiger charge is 2.19. The van der Waals surface area contributed by atoms with E-state index < -0.39 is 0 Å². The molecule has 1 saturated carbocycles. The highest BCUT2D eigenvalue weighted by Crippen LogP contribution is 2.23. The Bertz CT molecular complexity index is 230. The quantitative estimate of drug-likeness (QED) is 0.439. The van der Waals surface area contributed by atoms with Crippen molar-refractivity contribution in [2.24, 2.45) is 5.73 Å². The second kappa shape index (κ2) is 8.09. The largest absolute Gasteiger partial charge is 0.396 e. The van der Waals surface area contributed by atoms with Gasteiger partial charge in [-0.1, -0.05) is 13.8 Å². The number of aldehydes is 1. The number of carbonyl (C=O) groups excluding carboxylic acids is 1. The molecule has 86 valence electrons. The Balaban J connectivity index is 0.000000921. The summed E-state index contributed by atoms with van der Waals surface area (Å²) in [6.45, 7) is 4.00. The van der Waals surface area contributed by atoms with Crippen LogP contribution in [0.5, 0.6) is 0 Å². The molecule has 0 saturated heterocycles. The lowest BCUT2D eigenvalue weighted by molar-refractivity contribution is -0.104. The standard InChI is InChI=1S/C10H16N2O.C2H6/c1-12(10-5-2-6-10)7-3-4-9(11)8-13;1-2/h3-4,7-8,10H,2,5-6,11H2,1H3;1-2H3/b7-3-,9-4+;. The average molecular weight is 210 g/mol. The van der Waals surface area contributed by atoms with Crippen LogP contribution in [0.15, 0.2) is 24.0 Å². The van der Waals surface area contributed by atoms with Crippen molar-refractivity contribution in [3.63, 3.8) is 0 Å². The fourth-order valence-corrected chi connectivity index (χ4v) is 1.24. The third-order valence-corrected chi connectivity index (χ3v) is 2.40. The number of nitrogens with zero attached hydrogens (tertiary/aromatic N) is 1. The van der Waals surface area contributed by atoms with E-state index in [4.69, 9.17) is 5.73 Å². The van der Waals surface area contributed by atoms with E-state index in [0.717, 1.165) is 0 Å². The number of hydrogen-bond donors (Lipinski definition) is 1. The molecule has 2 N–H and O–H groups in total. The topological polar surface area (TPSA) is 46.3 Å². The maximum Gasteiger partial charge on any atom is 0.165 e. The van der Waals surface area contributed by atoms with Crippen LogP contribution in [-0.2, 0) is 4.79 Å². The monoisotopic (exact) mass is 210 g/mol. The number of carbonyl (C=O) groups is 1. The Morgan fingerprint density at radius 2 is 2.00 bits per heavy atom. The van der Waals surface area contributed by atoms with Gasteiger partial charge in [0.2, 0.25) is 0 Å². The van der Waals surface area contributed by atoms with Crippen LogP contribution in [0.3, 0.4) is 0 Å². The van der Waals surface area contributed by atoms with E-state index in [-0.39, 0.29) is 5.70 Å². The second-order valence-electron chi connectivity index (χ2n) is 3.38. The van der Waals surface area contributed by atoms with Crippen molar-refractivity contribution in [3.8, 4) is 0 Å². The summed E-state index contributed by atoms with van der Waals surface area (Å²) in [5.41, 5.74) is 5.57. The molecule has 0 aromatic rings. The van der Waals surface area contributed by atoms with Crippen molar-refractivity contribution >= 4 is 6.29 Å². The molecule has 0 heterocycles. The molecule has 1 aliphatic rings. The average Bonchev–Trinajstić information content (AvgIpc) is 2.18. The Hall–Kier alpha value is -1.25. The normalized spacial score (nSPS) is 16.6. The first-order valence-corrected chi connectivity index (χ1v) is 5.55. The molecule has 1 fully saturated rings. The van der Waals surface area contributed by atoms with E-state index in [2.05, 4.69) is 4.90 Å². The molecule has 0 aromatic heterocycles. The van der Waals surface area contributed by atoms with Crippen molar-refractivity contribution in [2.45, 2.75) is 39.2 Å². The van der Waals surface area contributed by atoms with Gasteiger partial charge in [-0.15, -0.1) is 0 Å². The minimum Gasteiger partial charge on any atom is -0.396 e. The third kappa shape index (κ3) is 5.25. The van der Waals surface area contributed by atoms with Crippen LogP contribution in [0.1, 0.15) is 33.1 Å². The summed E-state index contributed by atoms with van der Waals surface area (Å²) in [4.78, 5) is 12.3. The van der Waals surface area contributed by atoms with E-state index in [1.807, 2.05) is 33.2 Å². The maximum absolute atomic E-state index is 10.1. The molecule has 15 heavy (non-hydrogen) atoms. The molecule has 0 bridgehead atoms. The number of hydrogen-bond acceptors (Lipinski definition) is 3. The van der Waals surface area contributed by atoms with Gasteiger partial charge in [-0.05, 0) is 37.6 Å². The lowest BCUT2D eigenvalue weighted by Crippen LogP contribution is -2.33. The Morgan fingerprint density at radius 1 is 1.40 bits per heavy atom. The van der Waals surface area contributed by atoms with Gasteiger partial charge in [0.1, 0.15) is 0 Å². The van der Waals surface area contributed by atoms with E-state index in [1.54, 1.807) is 6.08 Å². The predicted octanol–water partition coefficient (Wildman–Crippen LogP) is 2.05. The smallest absolute Gasteiger partial charge is 0.165 e. The zero-order chi connectivity index (χ0) is 11.7. The van der Waals surface area contributed by atoms with Crippen LogP contribution in [-0.4, -0.2) is 24.3 Å². The zero-order valence-electron chi connectivity index (χ0n) is 9.94. The maximum atomic E-state index is 10.1. The van der Waals surface area contributed by atoms with Crippen LogP contribution < -0.4 is 5.73 Å². The van der Waals surface area contributed by atoms with Gasteiger partial charge in [-0.25, -0.2) is 0 Å². The molecule has 0 amide bonds. The fourth-order valence-electron chi connectivity index (χ4n) is 1.24. The van der Waals surface area contributed by atoms with Crippen molar-refractivity contribution in [1.82, 2.24) is 4.90 Å². The first-order valence-electron chi connectivity index (χ1n) is 5.55. The van der Waals surface area contributed by atoms with Crippen molar-refractivity contribution < 1.29 is 4.79 Å². The van der Waals surface area contributed by atoms with Gasteiger partial charge in [-0.2, -0.15) is 0 Å². The third-order valence-electron chi connectivity index (χ3n) is 2.40. The highest BCUT2D eigenvalue weighted by atomic mass is 16.1. The predicted molar refractivity (Wildman–Crippen MR) is 64.2 cm³/mol. The zero-order valence-corrected chi connectivity index (χ0v) is 9.94. The number of rotatable bonds is 4. The molecule has 1 aliphatic carbocycles. The minimum atomic E-state index is 0.262. The molecule has 0 unspecified atom stereocenters. The molecule has 0 aliphatic heterocycles. The summed E-state index contributed by atoms with van der Waals surface area (Å²) in [6, 6.07) is 0.683. The van der Waals surface area contributed by atoms with Gasteiger partial charge in [0.15, 0.2) is 6.29 Å². The van der Waals surface area contributed by atoms with Crippen LogP contribution >= 0.6 is 0 Å². The Morgan fingerprint density at radius 3 is 2.40 bits per heavy atom. The summed E-state index contributed by atoms with van der Waals surface area (Å²) < 4.78 is 0. The molecule has 0 atom stereocenters. The molecule has 0 radical (unpaired) electrons. The van der Waals surface area contributed by atoms with E-state index in [0.29, 0.717) is 12.3 Å². The van der Waals surface area contributed by atoms with Crippen LogP contribution in [0, 0.1) is 0 Å². The molecule has 0 spiro atoms. The van der Waals surface area contributed by atoms with E-state index >= 15 is 0 Å². The first kappa shape index (κ1) is 13.8. The number of allylic oxidation sites excluding steroid dienone is 3. The van der Waals surface area contributed by atoms with Gasteiger partial charge in [-0.3, -0.25) is 4.79 Å². The van der Waals surface area contributed by atoms with Crippen LogP contribution in [0.4, 0.5) is 0 Å². The van der Waals surface area contributed by atoms with Gasteiger partial charge >= 0.3 is 0 Å². The minimum absolute atomic E-state index is 0.262. The van der Waals surface area contributed by atoms with Gasteiger partial charge in [0.05, 0.1) is 5.70 Å². The Labute approximate surface area is 92.6 Å². The van der Waals surface area contributed by atoms with Crippen LogP contribution in [0.25, 0.3) is 0 Å². The van der Waals surface area contributed by atoms with E-state index in [1.165, 1.54) is 19.3 Å². The van der Waals surface area contributed by atoms with Crippen molar-refractivity contribution in [3.05, 3.63) is 24.0 Å². The summed E-state index contributed by atoms with van der Waals surface area (Å²) in [5.74, 6) is 0. The summed E-state index contributed by atoms with van der Waals surface area (Å²) in [6.07, 6.45) is 9.90. The van der Waals surface area contributed by atoms with E-state index in [9.17, 15) is 4.79 Å². The van der Waals surface area contributed by atoms with Crippen molar-refractivity contribution in [1.29, 1.82) is 0 Å². The first-order chi connectivity index (χ1) is 7.24. The molecule has 0 aromatic carbocycles. The van der Waals surface area contributed by atoms with Crippen molar-refractivity contribution in [2.75, 3.05) is 7.05 Å². The lowest BCUT2D eigenvalue weighted by Gasteiger charge is -2.33. The van der Waals surface area contributed by atoms with Gasteiger partial charge in [0, 0.05) is 13.1 Å². The number of nitrogens with two attached hydrogens (primary N) is 1. The fraction of sp³-hybridized carbons (Fsp3) is 0.583. The Kier molecular flexibility index (Phi) is 7.42. The highest BCUT2D eigenvalue weighted by molar-refractivity contribution is 5.72. The van der Waals surface area contributed by atoms with Crippen LogP contribution in [0.2, 0.25) is 0 Å². The van der Waals surface area contributed by atoms with Gasteiger partial charge < -0.3 is 10.6 Å². The molecule has 3 nitrogen and oxygen atoms in total. The SMILES string of the molecule is CC.CN(/C=C\C=C(\N)C=O)C1CCC1. The molecular weight excluding hydrogens is 188 g/mol. The molecule has 3 heteroatoms. The molecule has 1 rings (SSSR count).